The number of hydrogen-bond donors (Lipinski definition) is 2. The van der Waals surface area contributed by atoms with Crippen molar-refractivity contribution in [3.05, 3.63) is 36.0 Å². The minimum Gasteiger partial charge on any atom is -0.377 e. The summed E-state index contributed by atoms with van der Waals surface area (Å²) in [6, 6.07) is 8.69. The molecule has 2 heterocycles. The lowest BCUT2D eigenvalue weighted by Gasteiger charge is -2.36. The Kier molecular flexibility index (Phi) is 7.23. The lowest BCUT2D eigenvalue weighted by atomic mass is 10.1. The van der Waals surface area contributed by atoms with Crippen LogP contribution in [0.15, 0.2) is 30.3 Å². The van der Waals surface area contributed by atoms with Gasteiger partial charge in [0.05, 0.1) is 29.7 Å². The van der Waals surface area contributed by atoms with Crippen LogP contribution >= 0.6 is 0 Å². The molecular weight excluding hydrogens is 454 g/mol. The first kappa shape index (κ1) is 25.9. The molecule has 0 unspecified atom stereocenters. The van der Waals surface area contributed by atoms with Crippen molar-refractivity contribution in [3.63, 3.8) is 0 Å². The van der Waals surface area contributed by atoms with Crippen molar-refractivity contribution in [1.29, 1.82) is 0 Å². The highest BCUT2D eigenvalue weighted by Gasteiger charge is 2.46. The Bertz CT molecular complexity index is 1140. The number of nitrogens with one attached hydrogen (secondary N) is 2. The lowest BCUT2D eigenvalue weighted by Crippen LogP contribution is -2.45. The molecule has 1 saturated heterocycles. The average molecular weight is 490 g/mol. The fourth-order valence-corrected chi connectivity index (χ4v) is 5.80. The molecule has 2 aromatic rings. The molecule has 1 aromatic heterocycles. The van der Waals surface area contributed by atoms with Crippen LogP contribution in [0.2, 0.25) is 0 Å². The smallest absolute Gasteiger partial charge is 0.318 e. The number of carbonyl (C=O) groups excluding carboxylic acids is 1. The fraction of sp³-hybridized carbons (Fsp3) is 0.542. The number of rotatable bonds is 5. The van der Waals surface area contributed by atoms with E-state index in [2.05, 4.69) is 22.5 Å². The molecule has 34 heavy (non-hydrogen) atoms. The second-order valence-electron chi connectivity index (χ2n) is 9.96. The molecule has 2 amide bonds. The normalized spacial score (nSPS) is 17.4. The van der Waals surface area contributed by atoms with Gasteiger partial charge < -0.3 is 20.3 Å². The number of urea groups is 1. The van der Waals surface area contributed by atoms with Gasteiger partial charge in [0.15, 0.2) is 15.7 Å². The topological polar surface area (TPSA) is 114 Å². The third-order valence-corrected chi connectivity index (χ3v) is 9.26. The maximum absolute atomic E-state index is 13.5. The molecule has 10 heteroatoms. The number of carbonyl (C=O) groups is 1. The monoisotopic (exact) mass is 489 g/mol. The van der Waals surface area contributed by atoms with Crippen molar-refractivity contribution in [1.82, 2.24) is 15.3 Å². The van der Waals surface area contributed by atoms with Crippen LogP contribution in [-0.4, -0.2) is 62.0 Å². The zero-order valence-corrected chi connectivity index (χ0v) is 21.8. The number of ether oxygens (including phenoxy) is 1. The van der Waals surface area contributed by atoms with Gasteiger partial charge in [-0.2, -0.15) is 0 Å². The molecule has 3 rings (SSSR count). The van der Waals surface area contributed by atoms with Gasteiger partial charge in [-0.15, -0.1) is 0 Å². The summed E-state index contributed by atoms with van der Waals surface area (Å²) in [6.07, 6.45) is 0. The minimum absolute atomic E-state index is 0.0887. The van der Waals surface area contributed by atoms with E-state index in [0.717, 1.165) is 5.56 Å². The molecule has 0 radical (unpaired) electrons. The van der Waals surface area contributed by atoms with Gasteiger partial charge in [0.25, 0.3) is 0 Å². The van der Waals surface area contributed by atoms with Crippen LogP contribution in [-0.2, 0) is 19.3 Å². The van der Waals surface area contributed by atoms with Crippen molar-refractivity contribution >= 4 is 27.4 Å². The van der Waals surface area contributed by atoms with E-state index in [0.29, 0.717) is 42.8 Å². The molecule has 0 bridgehead atoms. The number of hydrogen-bond acceptors (Lipinski definition) is 7. The maximum Gasteiger partial charge on any atom is 0.318 e. The van der Waals surface area contributed by atoms with Gasteiger partial charge in [0.1, 0.15) is 10.6 Å². The van der Waals surface area contributed by atoms with Crippen LogP contribution in [0.25, 0.3) is 11.4 Å². The molecule has 186 valence electrons. The summed E-state index contributed by atoms with van der Waals surface area (Å²) in [5, 5.41) is 5.23. The highest BCUT2D eigenvalue weighted by Crippen LogP contribution is 2.38. The Balaban J connectivity index is 2.13. The van der Waals surface area contributed by atoms with Gasteiger partial charge in [0.2, 0.25) is 0 Å². The van der Waals surface area contributed by atoms with Crippen molar-refractivity contribution in [2.45, 2.75) is 57.1 Å². The number of amides is 2. The quantitative estimate of drug-likeness (QED) is 0.660. The van der Waals surface area contributed by atoms with E-state index in [-0.39, 0.29) is 12.1 Å². The molecule has 1 fully saturated rings. The SMILES string of the molecule is CNC(=O)Nc1ccc(-c2nc(N3CCOC[C@@H]3C)cc(C(C)(C)S(=O)(=O)C(C)(C)C)n2)cc1. The van der Waals surface area contributed by atoms with Crippen molar-refractivity contribution in [2.75, 3.05) is 37.0 Å². The third-order valence-electron chi connectivity index (χ3n) is 6.10. The zero-order valence-electron chi connectivity index (χ0n) is 21.0. The summed E-state index contributed by atoms with van der Waals surface area (Å²) in [5.74, 6) is 1.09. The molecular formula is C24H35N5O4S. The summed E-state index contributed by atoms with van der Waals surface area (Å²) < 4.78 is 30.4. The van der Waals surface area contributed by atoms with Crippen molar-refractivity contribution in [3.8, 4) is 11.4 Å². The average Bonchev–Trinajstić information content (AvgIpc) is 2.78. The molecule has 9 nitrogen and oxygen atoms in total. The predicted molar refractivity (Wildman–Crippen MR) is 135 cm³/mol. The minimum atomic E-state index is -3.60. The first-order chi connectivity index (χ1) is 15.8. The summed E-state index contributed by atoms with van der Waals surface area (Å²) >= 11 is 0. The molecule has 0 aliphatic carbocycles. The van der Waals surface area contributed by atoms with Crippen molar-refractivity contribution in [2.24, 2.45) is 0 Å². The number of anilines is 2. The fourth-order valence-electron chi connectivity index (χ4n) is 3.89. The van der Waals surface area contributed by atoms with Crippen molar-refractivity contribution < 1.29 is 17.9 Å². The number of aromatic nitrogens is 2. The number of benzene rings is 1. The number of nitrogens with zero attached hydrogens (tertiary/aromatic N) is 3. The van der Waals surface area contributed by atoms with Gasteiger partial charge >= 0.3 is 6.03 Å². The van der Waals surface area contributed by atoms with E-state index < -0.39 is 19.3 Å². The molecule has 0 saturated carbocycles. The molecule has 1 aromatic carbocycles. The van der Waals surface area contributed by atoms with E-state index in [1.165, 1.54) is 0 Å². The number of morpholine rings is 1. The van der Waals surface area contributed by atoms with Crippen LogP contribution in [0.3, 0.4) is 0 Å². The molecule has 2 N–H and O–H groups in total. The Morgan fingerprint density at radius 1 is 1.12 bits per heavy atom. The first-order valence-electron chi connectivity index (χ1n) is 11.3. The highest BCUT2D eigenvalue weighted by molar-refractivity contribution is 7.93. The van der Waals surface area contributed by atoms with E-state index in [9.17, 15) is 13.2 Å². The Hall–Kier alpha value is -2.72. The molecule has 1 aliphatic rings. The Labute approximate surface area is 202 Å². The van der Waals surface area contributed by atoms with E-state index in [1.807, 2.05) is 12.1 Å². The van der Waals surface area contributed by atoms with E-state index in [1.54, 1.807) is 59.9 Å². The predicted octanol–water partition coefficient (Wildman–Crippen LogP) is 3.57. The van der Waals surface area contributed by atoms with E-state index >= 15 is 0 Å². The largest absolute Gasteiger partial charge is 0.377 e. The summed E-state index contributed by atoms with van der Waals surface area (Å²) in [6.45, 7) is 12.3. The standard InChI is InChI=1S/C24H35N5O4S/c1-16-15-33-13-12-29(16)20-14-19(24(5,6)34(31,32)23(2,3)4)27-21(28-20)17-8-10-18(11-9-17)26-22(30)25-7/h8-11,14,16H,12-13,15H2,1-7H3,(H2,25,26,30)/t16-/m0/s1. The Morgan fingerprint density at radius 2 is 1.76 bits per heavy atom. The lowest BCUT2D eigenvalue weighted by molar-refractivity contribution is 0.0985. The highest BCUT2D eigenvalue weighted by atomic mass is 32.2. The van der Waals surface area contributed by atoms with Gasteiger partial charge in [-0.25, -0.2) is 23.2 Å². The number of sulfone groups is 1. The van der Waals surface area contributed by atoms with Crippen LogP contribution in [0.4, 0.5) is 16.3 Å². The van der Waals surface area contributed by atoms with Gasteiger partial charge in [0, 0.05) is 30.9 Å². The summed E-state index contributed by atoms with van der Waals surface area (Å²) in [4.78, 5) is 23.3. The third kappa shape index (κ3) is 5.02. The summed E-state index contributed by atoms with van der Waals surface area (Å²) in [5.41, 5.74) is 1.78. The van der Waals surface area contributed by atoms with Gasteiger partial charge in [-0.1, -0.05) is 0 Å². The molecule has 1 aliphatic heterocycles. The molecule has 0 spiro atoms. The Morgan fingerprint density at radius 3 is 2.32 bits per heavy atom. The molecule has 1 atom stereocenters. The van der Waals surface area contributed by atoms with Gasteiger partial charge in [-0.3, -0.25) is 0 Å². The van der Waals surface area contributed by atoms with Gasteiger partial charge in [-0.05, 0) is 65.8 Å². The van der Waals surface area contributed by atoms with E-state index in [4.69, 9.17) is 14.7 Å². The van der Waals surface area contributed by atoms with Crippen LogP contribution in [0.5, 0.6) is 0 Å². The maximum atomic E-state index is 13.5. The van der Waals surface area contributed by atoms with Crippen LogP contribution < -0.4 is 15.5 Å². The second kappa shape index (κ2) is 9.50. The zero-order chi connectivity index (χ0) is 25.3. The summed E-state index contributed by atoms with van der Waals surface area (Å²) in [7, 11) is -2.05. The second-order valence-corrected chi connectivity index (χ2v) is 13.2. The first-order valence-corrected chi connectivity index (χ1v) is 12.8. The van der Waals surface area contributed by atoms with Crippen LogP contribution in [0, 0.1) is 0 Å². The van der Waals surface area contributed by atoms with Crippen LogP contribution in [0.1, 0.15) is 47.2 Å².